The van der Waals surface area contributed by atoms with Gasteiger partial charge in [0.25, 0.3) is 31.3 Å². The lowest BCUT2D eigenvalue weighted by atomic mass is 9.85. The van der Waals surface area contributed by atoms with E-state index in [0.29, 0.717) is 145 Å². The smallest absolute Gasteiger partial charge is 0.265 e. The van der Waals surface area contributed by atoms with Gasteiger partial charge in [0.2, 0.25) is 23.6 Å². The Hall–Kier alpha value is -8.16. The van der Waals surface area contributed by atoms with Crippen LogP contribution < -0.4 is 38.5 Å². The summed E-state index contributed by atoms with van der Waals surface area (Å²) in [5.74, 6) is 1.26. The van der Waals surface area contributed by atoms with E-state index in [1.165, 1.54) is 19.6 Å². The van der Waals surface area contributed by atoms with Crippen LogP contribution in [0.25, 0.3) is 0 Å². The van der Waals surface area contributed by atoms with Gasteiger partial charge in [-0.25, -0.2) is 0 Å². The highest BCUT2D eigenvalue weighted by molar-refractivity contribution is 7.45. The maximum Gasteiger partial charge on any atom is 0.265 e. The van der Waals surface area contributed by atoms with Crippen molar-refractivity contribution in [3.63, 3.8) is 0 Å². The van der Waals surface area contributed by atoms with Crippen LogP contribution in [0.2, 0.25) is 0 Å². The fourth-order valence-electron chi connectivity index (χ4n) is 13.8. The van der Waals surface area contributed by atoms with E-state index in [0.717, 1.165) is 0 Å². The zero-order chi connectivity index (χ0) is 73.6. The second-order valence-electron chi connectivity index (χ2n) is 26.8. The zero-order valence-corrected chi connectivity index (χ0v) is 62.9. The average Bonchev–Trinajstić information content (AvgIpc) is 1.18. The molecule has 0 aromatic heterocycles. The SMILES string of the molecule is CC1(C)Oc2ccc(C#N)cc2[C@@H](N2CCCC2=O)[C@@H]1OP(=O)([O-])O.CC1(C)Oc2ccc(C#N)cc2[C@@H](N2CCCC2=O)[C@H]1OP(=O)([O-])O.CC1(C)Oc2ccc(C#N)cc2[C@H](N2CCCC2=O)[C@@H]1OP(=O)([O-])O.CC1(C)Oc2ccc(C#N)cc2[C@H](N2CCCC2=O)[C@H]1OP(=O)([O-])O.[CH3+].[CH3+].[CH3+].[CH3+]. The molecule has 32 nitrogen and oxygen atoms in total. The second-order valence-corrected chi connectivity index (χ2v) is 31.4. The summed E-state index contributed by atoms with van der Waals surface area (Å²) in [6, 6.07) is 24.0. The molecule has 0 radical (unpaired) electrons. The Bertz CT molecular complexity index is 3720. The molecular weight excluding hydrogens is 1440 g/mol. The van der Waals surface area contributed by atoms with E-state index in [9.17, 15) is 76.6 Å². The van der Waals surface area contributed by atoms with E-state index < -0.39 is 102 Å². The predicted molar refractivity (Wildman–Crippen MR) is 363 cm³/mol. The monoisotopic (exact) mass is 1520 g/mol. The number of hydrogen-bond acceptors (Lipinski definition) is 24. The fourth-order valence-corrected chi connectivity index (χ4v) is 16.4. The van der Waals surface area contributed by atoms with Gasteiger partial charge in [0, 0.05) is 104 Å². The van der Waals surface area contributed by atoms with Gasteiger partial charge in [-0.05, 0) is 154 Å². The average molecular weight is 1520 g/mol. The van der Waals surface area contributed by atoms with Gasteiger partial charge < -0.3 is 95.8 Å². The molecule has 0 spiro atoms. The first kappa shape index (κ1) is 86.5. The number of rotatable bonds is 12. The summed E-state index contributed by atoms with van der Waals surface area (Å²) >= 11 is 0. The van der Waals surface area contributed by atoms with Crippen molar-refractivity contribution in [3.05, 3.63) is 147 Å². The van der Waals surface area contributed by atoms with Crippen LogP contribution in [0.15, 0.2) is 72.8 Å². The Labute approximate surface area is 604 Å². The molecule has 4 amide bonds. The lowest BCUT2D eigenvalue weighted by Gasteiger charge is -2.48. The Morgan fingerprint density at radius 1 is 0.375 bits per heavy atom. The standard InChI is InChI=1S/4C16H19N2O6P.4CH3/c4*1-16(2)15(24-25(20,21)22)14(18-7-3-4-13(18)19)11-8-10(9-17)5-6-12(11)23-16;;;;/h4*5-6,8,14-15H,3-4,7H2,1-2H3,(H2,20,21,22);4*1H3/q;;;;4*+1/p-4/t2*14-,15+;2*14-,15-;;;;/m1010..../s1. The number of benzene rings is 4. The first-order valence-corrected chi connectivity index (χ1v) is 37.5. The molecule has 8 heterocycles. The largest absolute Gasteiger partial charge is 0.756 e. The summed E-state index contributed by atoms with van der Waals surface area (Å²) in [6.45, 7) is 14.8. The molecule has 36 heteroatoms. The van der Waals surface area contributed by atoms with Crippen LogP contribution in [0.3, 0.4) is 0 Å². The predicted octanol–water partition coefficient (Wildman–Crippen LogP) is 6.76. The van der Waals surface area contributed by atoms with E-state index in [1.807, 2.05) is 24.3 Å². The number of phosphoric acid groups is 4. The highest BCUT2D eigenvalue weighted by atomic mass is 31.2. The van der Waals surface area contributed by atoms with Gasteiger partial charge in [-0.3, -0.25) is 37.4 Å². The molecule has 12 atom stereocenters. The highest BCUT2D eigenvalue weighted by Crippen LogP contribution is 2.55. The molecule has 0 bridgehead atoms. The van der Waals surface area contributed by atoms with Crippen molar-refractivity contribution in [2.45, 2.75) is 178 Å². The van der Waals surface area contributed by atoms with E-state index >= 15 is 0 Å². The van der Waals surface area contributed by atoms with E-state index in [1.54, 1.807) is 128 Å². The third-order valence-electron chi connectivity index (χ3n) is 18.0. The summed E-state index contributed by atoms with van der Waals surface area (Å²) < 4.78 is 88.9. The van der Waals surface area contributed by atoms with Gasteiger partial charge in [0.15, 0.2) is 0 Å². The summed E-state index contributed by atoms with van der Waals surface area (Å²) in [7, 11) is -20.3. The Morgan fingerprint density at radius 3 is 0.683 bits per heavy atom. The number of carbonyl (C=O) groups excluding carboxylic acids is 4. The number of likely N-dealkylation sites (tertiary alicyclic amines) is 4. The minimum absolute atomic E-state index is 0. The van der Waals surface area contributed by atoms with Crippen molar-refractivity contribution in [2.75, 3.05) is 26.2 Å². The van der Waals surface area contributed by atoms with Gasteiger partial charge in [0.05, 0.1) is 70.7 Å². The molecule has 8 aliphatic rings. The van der Waals surface area contributed by atoms with Crippen LogP contribution in [-0.2, 0) is 55.5 Å². The maximum absolute atomic E-state index is 12.3. The van der Waals surface area contributed by atoms with Crippen molar-refractivity contribution in [1.82, 2.24) is 19.6 Å². The Balaban J connectivity index is 0.000000246. The van der Waals surface area contributed by atoms with Crippen molar-refractivity contribution >= 4 is 54.9 Å². The summed E-state index contributed by atoms with van der Waals surface area (Å²) in [5, 5.41) is 36.6. The normalized spacial score (nSPS) is 26.1. The van der Waals surface area contributed by atoms with Gasteiger partial charge in [0.1, 0.15) is 69.8 Å². The number of ether oxygens (including phenoxy) is 4. The zero-order valence-electron chi connectivity index (χ0n) is 59.4. The minimum atomic E-state index is -5.08. The number of phosphoric ester groups is 4. The summed E-state index contributed by atoms with van der Waals surface area (Å²) in [4.78, 5) is 138. The number of carbonyl (C=O) groups is 4. The number of nitriles is 4. The van der Waals surface area contributed by atoms with Gasteiger partial charge in [-0.1, -0.05) is 0 Å². The lowest BCUT2D eigenvalue weighted by Crippen LogP contribution is -2.55. The van der Waals surface area contributed by atoms with E-state index in [2.05, 4.69) is 0 Å². The summed E-state index contributed by atoms with van der Waals surface area (Å²) in [5.41, 5.74) is -1.13. The van der Waals surface area contributed by atoms with E-state index in [4.69, 9.17) is 58.1 Å². The van der Waals surface area contributed by atoms with Crippen LogP contribution in [-0.4, -0.2) is 136 Å². The quantitative estimate of drug-likeness (QED) is 0.0840. The first-order valence-electron chi connectivity index (χ1n) is 31.5. The third-order valence-corrected chi connectivity index (χ3v) is 20.0. The molecule has 4 unspecified atom stereocenters. The van der Waals surface area contributed by atoms with Crippen LogP contribution >= 0.6 is 31.3 Å². The molecule has 4 aromatic rings. The Kier molecular flexibility index (Phi) is 27.2. The lowest BCUT2D eigenvalue weighted by molar-refractivity contribution is -0.235. The molecule has 4 aromatic carbocycles. The van der Waals surface area contributed by atoms with Crippen LogP contribution in [0.5, 0.6) is 23.0 Å². The minimum Gasteiger partial charge on any atom is -0.756 e. The first-order chi connectivity index (χ1) is 46.5. The molecular formula is C68H84N8O24P4. The highest BCUT2D eigenvalue weighted by Gasteiger charge is 2.55. The molecule has 4 fully saturated rings. The number of fused-ring (bicyclic) bond motifs is 4. The third kappa shape index (κ3) is 19.5. The second kappa shape index (κ2) is 32.7. The number of amides is 4. The van der Waals surface area contributed by atoms with Gasteiger partial charge in [-0.15, -0.1) is 0 Å². The van der Waals surface area contributed by atoms with Crippen molar-refractivity contribution < 1.29 is 114 Å². The number of hydrogen-bond donors (Lipinski definition) is 4. The molecule has 0 saturated carbocycles. The molecule has 104 heavy (non-hydrogen) atoms. The fraction of sp³-hybridized carbons (Fsp3) is 0.471. The number of nitrogens with zero attached hydrogens (tertiary/aromatic N) is 8. The maximum atomic E-state index is 12.3. The summed E-state index contributed by atoms with van der Waals surface area (Å²) in [6.07, 6.45) is -0.608. The molecule has 0 aliphatic carbocycles. The molecule has 4 saturated heterocycles. The van der Waals surface area contributed by atoms with Crippen LogP contribution in [0.1, 0.15) is 175 Å². The van der Waals surface area contributed by atoms with E-state index in [-0.39, 0.29) is 53.3 Å². The van der Waals surface area contributed by atoms with Crippen molar-refractivity contribution in [2.24, 2.45) is 0 Å². The van der Waals surface area contributed by atoms with Crippen LogP contribution in [0, 0.1) is 75.0 Å². The molecule has 4 N–H and O–H groups in total. The van der Waals surface area contributed by atoms with Gasteiger partial charge >= 0.3 is 0 Å². The van der Waals surface area contributed by atoms with Crippen molar-refractivity contribution in [3.8, 4) is 47.3 Å². The van der Waals surface area contributed by atoms with Crippen molar-refractivity contribution in [1.29, 1.82) is 21.0 Å². The Morgan fingerprint density at radius 2 is 0.548 bits per heavy atom. The molecule has 8 aliphatic heterocycles. The topological polar surface area (TPSA) is 492 Å². The van der Waals surface area contributed by atoms with Gasteiger partial charge in [-0.2, -0.15) is 21.0 Å². The molecule has 560 valence electrons. The van der Waals surface area contributed by atoms with Crippen LogP contribution in [0.4, 0.5) is 0 Å². The molecule has 12 rings (SSSR count).